The van der Waals surface area contributed by atoms with Crippen molar-refractivity contribution in [2.75, 3.05) is 7.11 Å². The van der Waals surface area contributed by atoms with E-state index in [4.69, 9.17) is 33.0 Å². The van der Waals surface area contributed by atoms with E-state index in [1.54, 1.807) is 19.4 Å². The first-order valence-corrected chi connectivity index (χ1v) is 10.1. The lowest BCUT2D eigenvalue weighted by atomic mass is 10.1. The van der Waals surface area contributed by atoms with E-state index in [1.165, 1.54) is 0 Å². The fourth-order valence-electron chi connectivity index (χ4n) is 2.98. The average Bonchev–Trinajstić information content (AvgIpc) is 3.23. The lowest BCUT2D eigenvalue weighted by molar-refractivity contribution is -0.404. The molecule has 35 heavy (non-hydrogen) atoms. The van der Waals surface area contributed by atoms with Gasteiger partial charge in [0.1, 0.15) is 5.75 Å². The highest BCUT2D eigenvalue weighted by molar-refractivity contribution is 6.36. The van der Waals surface area contributed by atoms with Crippen LogP contribution in [-0.4, -0.2) is 36.4 Å². The number of aromatic hydroxyl groups is 1. The molecule has 4 aromatic rings. The Labute approximate surface area is 205 Å². The molecule has 0 amide bonds. The molecule has 4 rings (SSSR count). The highest BCUT2D eigenvalue weighted by Gasteiger charge is 2.30. The third-order valence-corrected chi connectivity index (χ3v) is 5.00. The molecule has 0 radical (unpaired) electrons. The van der Waals surface area contributed by atoms with Crippen LogP contribution in [0.15, 0.2) is 54.9 Å². The van der Waals surface area contributed by atoms with Crippen LogP contribution in [0.3, 0.4) is 0 Å². The SMILES string of the molecule is COc1ccccc1-c1cn2cc(Cl)cc(Cl)c2n1.O=[N+]([O-])c1cc([N+](=O)[O-])c(O)c([N+](=O)[O-])c1. The Morgan fingerprint density at radius 3 is 2.09 bits per heavy atom. The van der Waals surface area contributed by atoms with Crippen LogP contribution < -0.4 is 4.74 Å². The summed E-state index contributed by atoms with van der Waals surface area (Å²) in [5.41, 5.74) is -0.618. The number of nitro groups is 3. The Kier molecular flexibility index (Phi) is 7.32. The van der Waals surface area contributed by atoms with Crippen molar-refractivity contribution >= 4 is 45.9 Å². The number of non-ortho nitro benzene ring substituents is 1. The molecule has 2 aromatic heterocycles. The van der Waals surface area contributed by atoms with Crippen molar-refractivity contribution in [3.63, 3.8) is 0 Å². The zero-order chi connectivity index (χ0) is 25.9. The van der Waals surface area contributed by atoms with Gasteiger partial charge in [-0.25, -0.2) is 4.98 Å². The molecule has 0 aliphatic carbocycles. The Morgan fingerprint density at radius 1 is 0.943 bits per heavy atom. The quantitative estimate of drug-likeness (QED) is 0.264. The minimum atomic E-state index is -1.21. The number of nitro benzene ring substituents is 3. The van der Waals surface area contributed by atoms with Gasteiger partial charge in [-0.05, 0) is 18.2 Å². The summed E-state index contributed by atoms with van der Waals surface area (Å²) in [7, 11) is 1.64. The van der Waals surface area contributed by atoms with Gasteiger partial charge in [-0.15, -0.1) is 0 Å². The number of pyridine rings is 1. The van der Waals surface area contributed by atoms with Crippen LogP contribution >= 0.6 is 23.2 Å². The second-order valence-corrected chi connectivity index (χ2v) is 7.51. The maximum Gasteiger partial charge on any atom is 0.324 e. The Hall–Kier alpha value is -4.49. The van der Waals surface area contributed by atoms with Crippen LogP contribution in [0.5, 0.6) is 11.5 Å². The maximum absolute atomic E-state index is 10.4. The predicted octanol–water partition coefficient (Wildman–Crippen LogP) is 5.43. The Balaban J connectivity index is 0.000000199. The highest BCUT2D eigenvalue weighted by Crippen LogP contribution is 2.39. The number of halogens is 2. The zero-order valence-corrected chi connectivity index (χ0v) is 19.0. The smallest absolute Gasteiger partial charge is 0.324 e. The maximum atomic E-state index is 10.4. The van der Waals surface area contributed by atoms with Gasteiger partial charge in [0.25, 0.3) is 11.4 Å². The van der Waals surface area contributed by atoms with Gasteiger partial charge in [0, 0.05) is 18.0 Å². The molecule has 0 saturated carbocycles. The number of hydrogen-bond acceptors (Lipinski definition) is 9. The van der Waals surface area contributed by atoms with Crippen LogP contribution in [0.4, 0.5) is 17.1 Å². The van der Waals surface area contributed by atoms with Gasteiger partial charge in [-0.3, -0.25) is 30.3 Å². The average molecular weight is 522 g/mol. The first kappa shape index (κ1) is 25.1. The minimum absolute atomic E-state index is 0.447. The van der Waals surface area contributed by atoms with Crippen LogP contribution in [0.25, 0.3) is 16.9 Å². The summed E-state index contributed by atoms with van der Waals surface area (Å²) in [4.78, 5) is 32.3. The molecule has 2 aromatic carbocycles. The number of fused-ring (bicyclic) bond motifs is 1. The van der Waals surface area contributed by atoms with Crippen molar-refractivity contribution in [3.05, 3.63) is 95.2 Å². The van der Waals surface area contributed by atoms with E-state index in [2.05, 4.69) is 4.98 Å². The number of aromatic nitrogens is 2. The molecule has 13 nitrogen and oxygen atoms in total. The van der Waals surface area contributed by atoms with Crippen molar-refractivity contribution < 1.29 is 24.6 Å². The van der Waals surface area contributed by atoms with Gasteiger partial charge in [0.05, 0.1) is 49.8 Å². The van der Waals surface area contributed by atoms with Crippen molar-refractivity contribution in [1.82, 2.24) is 9.38 Å². The van der Waals surface area contributed by atoms with E-state index < -0.39 is 37.6 Å². The topological polar surface area (TPSA) is 176 Å². The Morgan fingerprint density at radius 2 is 1.54 bits per heavy atom. The lowest BCUT2D eigenvalue weighted by Gasteiger charge is -2.04. The second-order valence-electron chi connectivity index (χ2n) is 6.67. The standard InChI is InChI=1S/C14H10Cl2N2O.C6H3N3O7/c1-19-13-5-3-2-4-10(13)12-8-18-7-9(15)6-11(16)14(18)17-12;10-6-4(8(13)14)1-3(7(11)12)2-5(6)9(15)16/h2-8H,1H3;1-2,10H. The first-order valence-electron chi connectivity index (χ1n) is 9.30. The summed E-state index contributed by atoms with van der Waals surface area (Å²) in [6.07, 6.45) is 3.65. The molecule has 0 bridgehead atoms. The van der Waals surface area contributed by atoms with Crippen molar-refractivity contribution in [2.45, 2.75) is 0 Å². The number of phenolic OH excluding ortho intramolecular Hbond substituents is 1. The molecular weight excluding hydrogens is 509 g/mol. The third kappa shape index (κ3) is 5.37. The molecule has 2 heterocycles. The second kappa shape index (κ2) is 10.2. The van der Waals surface area contributed by atoms with E-state index in [0.29, 0.717) is 27.8 Å². The molecule has 0 saturated heterocycles. The fraction of sp³-hybridized carbons (Fsp3) is 0.0500. The van der Waals surface area contributed by atoms with E-state index >= 15 is 0 Å². The lowest BCUT2D eigenvalue weighted by Crippen LogP contribution is -1.97. The first-order chi connectivity index (χ1) is 16.5. The highest BCUT2D eigenvalue weighted by atomic mass is 35.5. The number of rotatable bonds is 5. The molecule has 0 aliphatic rings. The number of para-hydroxylation sites is 1. The van der Waals surface area contributed by atoms with Crippen molar-refractivity contribution in [3.8, 4) is 22.8 Å². The summed E-state index contributed by atoms with van der Waals surface area (Å²) in [6.45, 7) is 0. The van der Waals surface area contributed by atoms with Crippen LogP contribution in [0.2, 0.25) is 10.0 Å². The number of hydrogen-bond donors (Lipinski definition) is 1. The molecule has 0 unspecified atom stereocenters. The predicted molar refractivity (Wildman–Crippen MR) is 125 cm³/mol. The summed E-state index contributed by atoms with van der Waals surface area (Å²) in [5.74, 6) is -0.436. The van der Waals surface area contributed by atoms with E-state index in [9.17, 15) is 30.3 Å². The zero-order valence-electron chi connectivity index (χ0n) is 17.5. The van der Waals surface area contributed by atoms with Gasteiger partial charge >= 0.3 is 11.4 Å². The summed E-state index contributed by atoms with van der Waals surface area (Å²) in [6, 6.07) is 10.3. The third-order valence-electron chi connectivity index (χ3n) is 4.51. The molecular formula is C20H13Cl2N5O8. The molecule has 0 fully saturated rings. The van der Waals surface area contributed by atoms with Crippen LogP contribution in [-0.2, 0) is 0 Å². The van der Waals surface area contributed by atoms with Gasteiger partial charge in [-0.1, -0.05) is 35.3 Å². The van der Waals surface area contributed by atoms with Crippen LogP contribution in [0, 0.1) is 30.3 Å². The van der Waals surface area contributed by atoms with Gasteiger partial charge in [0.15, 0.2) is 5.65 Å². The summed E-state index contributed by atoms with van der Waals surface area (Å²) >= 11 is 12.1. The van der Waals surface area contributed by atoms with Crippen LogP contribution in [0.1, 0.15) is 0 Å². The number of nitrogens with zero attached hydrogens (tertiary/aromatic N) is 5. The monoisotopic (exact) mass is 521 g/mol. The number of methoxy groups -OCH3 is 1. The van der Waals surface area contributed by atoms with Gasteiger partial charge in [0.2, 0.25) is 0 Å². The molecule has 180 valence electrons. The summed E-state index contributed by atoms with van der Waals surface area (Å²) in [5, 5.41) is 41.3. The Bertz CT molecular complexity index is 1440. The number of phenols is 1. The van der Waals surface area contributed by atoms with Crippen molar-refractivity contribution in [1.29, 1.82) is 0 Å². The van der Waals surface area contributed by atoms with Crippen molar-refractivity contribution in [2.24, 2.45) is 0 Å². The van der Waals surface area contributed by atoms with E-state index in [1.807, 2.05) is 34.9 Å². The largest absolute Gasteiger partial charge is 0.497 e. The number of imidazole rings is 1. The summed E-state index contributed by atoms with van der Waals surface area (Å²) < 4.78 is 7.15. The minimum Gasteiger partial charge on any atom is -0.497 e. The molecule has 1 N–H and O–H groups in total. The number of benzene rings is 2. The van der Waals surface area contributed by atoms with E-state index in [-0.39, 0.29) is 0 Å². The molecule has 0 spiro atoms. The normalized spacial score (nSPS) is 10.4. The van der Waals surface area contributed by atoms with Gasteiger partial charge in [-0.2, -0.15) is 0 Å². The molecule has 0 aliphatic heterocycles. The molecule has 0 atom stereocenters. The van der Waals surface area contributed by atoms with E-state index in [0.717, 1.165) is 17.0 Å². The molecule has 15 heteroatoms. The van der Waals surface area contributed by atoms with Gasteiger partial charge < -0.3 is 14.2 Å². The fourth-order valence-corrected chi connectivity index (χ4v) is 3.51. The number of ether oxygens (including phenoxy) is 1.